The summed E-state index contributed by atoms with van der Waals surface area (Å²) in [6.45, 7) is 4.71. The summed E-state index contributed by atoms with van der Waals surface area (Å²) in [7, 11) is 1.54. The third-order valence-corrected chi connectivity index (χ3v) is 5.19. The fourth-order valence-electron chi connectivity index (χ4n) is 2.90. The molecule has 1 atom stereocenters. The molecule has 2 rings (SSSR count). The Kier molecular flexibility index (Phi) is 8.18. The van der Waals surface area contributed by atoms with Crippen LogP contribution in [0.15, 0.2) is 18.2 Å². The van der Waals surface area contributed by atoms with Crippen LogP contribution < -0.4 is 20.7 Å². The standard InChI is InChI=1S/C18H26ClN3O3.ClH/c1-4-18(20,5-2)11-21-17(24)12-8-16(23)22(10-12)14-9-13(19)6-7-15(14)25-3;/h6-7,9,12H,4-5,8,10-11,20H2,1-3H3,(H,21,24);1H. The molecule has 0 bridgehead atoms. The van der Waals surface area contributed by atoms with Crippen LogP contribution in [0.4, 0.5) is 5.69 Å². The van der Waals surface area contributed by atoms with E-state index in [1.54, 1.807) is 23.1 Å². The number of hydrogen-bond donors (Lipinski definition) is 2. The van der Waals surface area contributed by atoms with Crippen LogP contribution in [0.2, 0.25) is 5.02 Å². The van der Waals surface area contributed by atoms with Gasteiger partial charge in [-0.2, -0.15) is 0 Å². The highest BCUT2D eigenvalue weighted by molar-refractivity contribution is 6.31. The van der Waals surface area contributed by atoms with E-state index >= 15 is 0 Å². The van der Waals surface area contributed by atoms with Crippen molar-refractivity contribution in [3.63, 3.8) is 0 Å². The van der Waals surface area contributed by atoms with Crippen LogP contribution in [0.5, 0.6) is 5.75 Å². The average molecular weight is 404 g/mol. The third-order valence-electron chi connectivity index (χ3n) is 4.95. The minimum Gasteiger partial charge on any atom is -0.495 e. The predicted octanol–water partition coefficient (Wildman–Crippen LogP) is 2.76. The van der Waals surface area contributed by atoms with Crippen LogP contribution in [0.1, 0.15) is 33.1 Å². The van der Waals surface area contributed by atoms with Gasteiger partial charge in [0.2, 0.25) is 11.8 Å². The Bertz CT molecular complexity index is 651. The summed E-state index contributed by atoms with van der Waals surface area (Å²) >= 11 is 6.04. The lowest BCUT2D eigenvalue weighted by Crippen LogP contribution is -2.50. The second kappa shape index (κ2) is 9.44. The molecule has 3 N–H and O–H groups in total. The molecule has 1 aliphatic rings. The highest BCUT2D eigenvalue weighted by Gasteiger charge is 2.37. The molecule has 0 saturated carbocycles. The molecule has 1 fully saturated rings. The Balaban J connectivity index is 0.00000338. The van der Waals surface area contributed by atoms with Crippen LogP contribution >= 0.6 is 24.0 Å². The zero-order chi connectivity index (χ0) is 18.6. The van der Waals surface area contributed by atoms with Crippen molar-refractivity contribution in [2.45, 2.75) is 38.6 Å². The Hall–Kier alpha value is -1.50. The molecule has 0 spiro atoms. The molecular formula is C18H27Cl2N3O3. The number of hydrogen-bond acceptors (Lipinski definition) is 4. The Morgan fingerprint density at radius 3 is 2.65 bits per heavy atom. The molecule has 0 aromatic heterocycles. The number of methoxy groups -OCH3 is 1. The molecule has 1 aromatic carbocycles. The first kappa shape index (κ1) is 22.5. The van der Waals surface area contributed by atoms with Gasteiger partial charge in [0.05, 0.1) is 18.7 Å². The van der Waals surface area contributed by atoms with Crippen molar-refractivity contribution in [3.05, 3.63) is 23.2 Å². The van der Waals surface area contributed by atoms with Crippen molar-refractivity contribution in [2.24, 2.45) is 11.7 Å². The van der Waals surface area contributed by atoms with E-state index in [-0.39, 0.29) is 30.6 Å². The smallest absolute Gasteiger partial charge is 0.227 e. The number of rotatable bonds is 7. The van der Waals surface area contributed by atoms with Gasteiger partial charge < -0.3 is 20.7 Å². The van der Waals surface area contributed by atoms with E-state index in [2.05, 4.69) is 5.32 Å². The van der Waals surface area contributed by atoms with E-state index in [0.29, 0.717) is 29.5 Å². The summed E-state index contributed by atoms with van der Waals surface area (Å²) in [6, 6.07) is 5.09. The molecule has 2 amide bonds. The SMILES string of the molecule is CCC(N)(CC)CNC(=O)C1CC(=O)N(c2cc(Cl)ccc2OC)C1.Cl. The first-order chi connectivity index (χ1) is 11.8. The van der Waals surface area contributed by atoms with Gasteiger partial charge in [-0.3, -0.25) is 9.59 Å². The summed E-state index contributed by atoms with van der Waals surface area (Å²) in [5.74, 6) is -0.120. The van der Waals surface area contributed by atoms with Gasteiger partial charge in [0.15, 0.2) is 0 Å². The number of halogens is 2. The highest BCUT2D eigenvalue weighted by Crippen LogP contribution is 2.35. The second-order valence-electron chi connectivity index (χ2n) is 6.51. The van der Waals surface area contributed by atoms with Crippen LogP contribution in [0.3, 0.4) is 0 Å². The number of anilines is 1. The Labute approximate surface area is 165 Å². The molecule has 6 nitrogen and oxygen atoms in total. The second-order valence-corrected chi connectivity index (χ2v) is 6.95. The van der Waals surface area contributed by atoms with Gasteiger partial charge in [-0.1, -0.05) is 25.4 Å². The molecule has 1 unspecified atom stereocenters. The maximum absolute atomic E-state index is 12.5. The van der Waals surface area contributed by atoms with E-state index in [4.69, 9.17) is 22.1 Å². The molecule has 0 aliphatic carbocycles. The van der Waals surface area contributed by atoms with E-state index in [1.165, 1.54) is 7.11 Å². The number of carbonyl (C=O) groups is 2. The van der Waals surface area contributed by atoms with Gasteiger partial charge in [-0.05, 0) is 31.0 Å². The number of ether oxygens (including phenoxy) is 1. The van der Waals surface area contributed by atoms with E-state index in [0.717, 1.165) is 12.8 Å². The number of nitrogens with one attached hydrogen (secondary N) is 1. The van der Waals surface area contributed by atoms with Crippen LogP contribution in [0.25, 0.3) is 0 Å². The number of carbonyl (C=O) groups excluding carboxylic acids is 2. The first-order valence-electron chi connectivity index (χ1n) is 8.54. The molecule has 26 heavy (non-hydrogen) atoms. The summed E-state index contributed by atoms with van der Waals surface area (Å²) in [4.78, 5) is 26.4. The number of nitrogens with zero attached hydrogens (tertiary/aromatic N) is 1. The lowest BCUT2D eigenvalue weighted by atomic mass is 9.94. The van der Waals surface area contributed by atoms with Crippen molar-refractivity contribution >= 4 is 41.5 Å². The largest absolute Gasteiger partial charge is 0.495 e. The molecule has 8 heteroatoms. The fraction of sp³-hybridized carbons (Fsp3) is 0.556. The monoisotopic (exact) mass is 403 g/mol. The maximum atomic E-state index is 12.5. The highest BCUT2D eigenvalue weighted by atomic mass is 35.5. The number of amides is 2. The van der Waals surface area contributed by atoms with Crippen molar-refractivity contribution in [1.82, 2.24) is 5.32 Å². The normalized spacial score (nSPS) is 17.0. The van der Waals surface area contributed by atoms with Crippen LogP contribution in [-0.4, -0.2) is 37.6 Å². The van der Waals surface area contributed by atoms with Crippen molar-refractivity contribution < 1.29 is 14.3 Å². The van der Waals surface area contributed by atoms with Crippen LogP contribution in [-0.2, 0) is 9.59 Å². The molecule has 1 aromatic rings. The fourth-order valence-corrected chi connectivity index (χ4v) is 3.06. The van der Waals surface area contributed by atoms with Crippen molar-refractivity contribution in [1.29, 1.82) is 0 Å². The summed E-state index contributed by atoms with van der Waals surface area (Å²) < 4.78 is 5.31. The summed E-state index contributed by atoms with van der Waals surface area (Å²) in [5, 5.41) is 3.41. The topological polar surface area (TPSA) is 84.7 Å². The molecule has 1 saturated heterocycles. The number of nitrogens with two attached hydrogens (primary N) is 1. The van der Waals surface area contributed by atoms with Gasteiger partial charge in [-0.15, -0.1) is 12.4 Å². The van der Waals surface area contributed by atoms with Gasteiger partial charge >= 0.3 is 0 Å². The van der Waals surface area contributed by atoms with E-state index in [9.17, 15) is 9.59 Å². The van der Waals surface area contributed by atoms with Crippen LogP contribution in [0, 0.1) is 5.92 Å². The maximum Gasteiger partial charge on any atom is 0.227 e. The third kappa shape index (κ3) is 5.02. The predicted molar refractivity (Wildman–Crippen MR) is 106 cm³/mol. The lowest BCUT2D eigenvalue weighted by molar-refractivity contribution is -0.126. The van der Waals surface area contributed by atoms with Gasteiger partial charge in [0.1, 0.15) is 5.75 Å². The zero-order valence-electron chi connectivity index (χ0n) is 15.4. The van der Waals surface area contributed by atoms with E-state index < -0.39 is 11.5 Å². The molecule has 1 aliphatic heterocycles. The van der Waals surface area contributed by atoms with Gasteiger partial charge in [0, 0.05) is 30.1 Å². The Morgan fingerprint density at radius 2 is 2.08 bits per heavy atom. The molecule has 1 heterocycles. The van der Waals surface area contributed by atoms with Crippen molar-refractivity contribution in [3.8, 4) is 5.75 Å². The average Bonchev–Trinajstić information content (AvgIpc) is 3.01. The number of benzene rings is 1. The quantitative estimate of drug-likeness (QED) is 0.732. The van der Waals surface area contributed by atoms with Gasteiger partial charge in [0.25, 0.3) is 0 Å². The minimum absolute atomic E-state index is 0. The zero-order valence-corrected chi connectivity index (χ0v) is 17.0. The van der Waals surface area contributed by atoms with E-state index in [1.807, 2.05) is 13.8 Å². The molecule has 146 valence electrons. The van der Waals surface area contributed by atoms with Crippen molar-refractivity contribution in [2.75, 3.05) is 25.1 Å². The summed E-state index contributed by atoms with van der Waals surface area (Å²) in [6.07, 6.45) is 1.72. The minimum atomic E-state index is -0.409. The van der Waals surface area contributed by atoms with Gasteiger partial charge in [-0.25, -0.2) is 0 Å². The summed E-state index contributed by atoms with van der Waals surface area (Å²) in [5.41, 5.74) is 6.40. The molecular weight excluding hydrogens is 377 g/mol. The first-order valence-corrected chi connectivity index (χ1v) is 8.91. The lowest BCUT2D eigenvalue weighted by Gasteiger charge is -2.27. The Morgan fingerprint density at radius 1 is 1.42 bits per heavy atom. The molecule has 0 radical (unpaired) electrons.